The number of allylic oxidation sites excluding steroid dienone is 4. The molecule has 32 heavy (non-hydrogen) atoms. The molecule has 170 valence electrons. The second-order valence-electron chi connectivity index (χ2n) is 8.37. The maximum atomic E-state index is 9.42. The molecule has 1 aliphatic heterocycles. The molecule has 0 saturated carbocycles. The Morgan fingerprint density at radius 2 is 2.03 bits per heavy atom. The molecule has 0 aromatic carbocycles. The van der Waals surface area contributed by atoms with Crippen molar-refractivity contribution in [3.05, 3.63) is 42.3 Å². The Labute approximate surface area is 187 Å². The zero-order chi connectivity index (χ0) is 22.5. The smallest absolute Gasteiger partial charge is 0.227 e. The van der Waals surface area contributed by atoms with E-state index in [1.807, 2.05) is 4.57 Å². The van der Waals surface area contributed by atoms with E-state index in [4.69, 9.17) is 0 Å². The molecule has 0 spiro atoms. The van der Waals surface area contributed by atoms with E-state index in [1.54, 1.807) is 6.33 Å². The number of aliphatic hydroxyl groups is 2. The van der Waals surface area contributed by atoms with Crippen LogP contribution in [-0.4, -0.2) is 67.8 Å². The largest absolute Gasteiger partial charge is 0.394 e. The first-order valence-electron chi connectivity index (χ1n) is 11.2. The molecule has 9 heteroatoms. The van der Waals surface area contributed by atoms with Gasteiger partial charge in [0.25, 0.3) is 0 Å². The molecule has 4 rings (SSSR count). The van der Waals surface area contributed by atoms with Crippen LogP contribution in [0.5, 0.6) is 0 Å². The molecular weight excluding hydrogens is 406 g/mol. The fourth-order valence-corrected chi connectivity index (χ4v) is 3.74. The van der Waals surface area contributed by atoms with Gasteiger partial charge in [-0.05, 0) is 44.3 Å². The zero-order valence-corrected chi connectivity index (χ0v) is 18.6. The van der Waals surface area contributed by atoms with Crippen molar-refractivity contribution >= 4 is 28.6 Å². The molecular formula is C23H31N7O2. The van der Waals surface area contributed by atoms with Crippen molar-refractivity contribution < 1.29 is 10.2 Å². The van der Waals surface area contributed by atoms with E-state index in [0.717, 1.165) is 25.1 Å². The average Bonchev–Trinajstić information content (AvgIpc) is 3.26. The second-order valence-corrected chi connectivity index (χ2v) is 8.37. The molecule has 1 unspecified atom stereocenters. The lowest BCUT2D eigenvalue weighted by Crippen LogP contribution is -2.29. The summed E-state index contributed by atoms with van der Waals surface area (Å²) in [6.07, 6.45) is 14.6. The molecule has 3 heterocycles. The number of hydrogen-bond donors (Lipinski definition) is 4. The van der Waals surface area contributed by atoms with E-state index in [0.29, 0.717) is 35.4 Å². The Morgan fingerprint density at radius 1 is 1.19 bits per heavy atom. The quantitative estimate of drug-likeness (QED) is 0.476. The average molecular weight is 438 g/mol. The Kier molecular flexibility index (Phi) is 6.96. The first kappa shape index (κ1) is 22.2. The standard InChI is InChI=1S/C23H31N7O2/c1-15(2)30-14-26-20-21(28-23(29-22(20)30)27-18(12-31)13-32)25-11-16-6-8-17(9-7-16)19-5-3-4-10-24-19/h3,5-6,8-9,14-16,18,31-32H,4,7,10-13H2,1-2H3,(H2,25,27,28,29). The molecule has 0 saturated heterocycles. The number of dihydropyridines is 1. The highest BCUT2D eigenvalue weighted by Crippen LogP contribution is 2.25. The lowest BCUT2D eigenvalue weighted by molar-refractivity contribution is 0.203. The zero-order valence-electron chi connectivity index (χ0n) is 18.6. The minimum Gasteiger partial charge on any atom is -0.394 e. The monoisotopic (exact) mass is 437 g/mol. The first-order chi connectivity index (χ1) is 15.6. The van der Waals surface area contributed by atoms with Crippen molar-refractivity contribution in [1.29, 1.82) is 0 Å². The number of hydrogen-bond acceptors (Lipinski definition) is 8. The minimum atomic E-state index is -0.530. The summed E-state index contributed by atoms with van der Waals surface area (Å²) in [5, 5.41) is 25.3. The van der Waals surface area contributed by atoms with E-state index in [2.05, 4.69) is 74.8 Å². The summed E-state index contributed by atoms with van der Waals surface area (Å²) in [6, 6.07) is -0.346. The van der Waals surface area contributed by atoms with Crippen LogP contribution in [-0.2, 0) is 0 Å². The van der Waals surface area contributed by atoms with Crippen molar-refractivity contribution in [2.24, 2.45) is 10.9 Å². The third-order valence-corrected chi connectivity index (χ3v) is 5.62. The summed E-state index contributed by atoms with van der Waals surface area (Å²) in [6.45, 7) is 5.26. The van der Waals surface area contributed by atoms with Crippen molar-refractivity contribution in [2.45, 2.75) is 38.8 Å². The highest BCUT2D eigenvalue weighted by Gasteiger charge is 2.18. The maximum Gasteiger partial charge on any atom is 0.227 e. The Balaban J connectivity index is 1.51. The maximum absolute atomic E-state index is 9.42. The molecule has 2 aromatic heterocycles. The van der Waals surface area contributed by atoms with Crippen LogP contribution in [0.15, 0.2) is 47.3 Å². The minimum absolute atomic E-state index is 0.184. The van der Waals surface area contributed by atoms with E-state index in [9.17, 15) is 10.2 Å². The lowest BCUT2D eigenvalue weighted by atomic mass is 9.93. The predicted octanol–water partition coefficient (Wildman–Crippen LogP) is 2.49. The van der Waals surface area contributed by atoms with Gasteiger partial charge >= 0.3 is 0 Å². The van der Waals surface area contributed by atoms with Gasteiger partial charge in [0.2, 0.25) is 5.95 Å². The number of imidazole rings is 1. The second kappa shape index (κ2) is 10.1. The fourth-order valence-electron chi connectivity index (χ4n) is 3.74. The van der Waals surface area contributed by atoms with Gasteiger partial charge < -0.3 is 25.4 Å². The Bertz CT molecular complexity index is 1060. The van der Waals surface area contributed by atoms with Gasteiger partial charge in [-0.2, -0.15) is 9.97 Å². The number of aromatic nitrogens is 4. The Hall–Kier alpha value is -3.04. The molecule has 0 radical (unpaired) electrons. The number of rotatable bonds is 9. The summed E-state index contributed by atoms with van der Waals surface area (Å²) in [7, 11) is 0. The van der Waals surface area contributed by atoms with Crippen LogP contribution in [0.3, 0.4) is 0 Å². The third-order valence-electron chi connectivity index (χ3n) is 5.62. The molecule has 4 N–H and O–H groups in total. The number of aliphatic hydroxyl groups excluding tert-OH is 2. The highest BCUT2D eigenvalue weighted by atomic mass is 16.3. The van der Waals surface area contributed by atoms with Crippen molar-refractivity contribution in [3.63, 3.8) is 0 Å². The van der Waals surface area contributed by atoms with E-state index in [1.165, 1.54) is 5.57 Å². The SMILES string of the molecule is CC(C)n1cnc2c(NCC3C=CC(C4=NCCC=C4)=CC3)nc(NC(CO)CO)nc21. The summed E-state index contributed by atoms with van der Waals surface area (Å²) in [4.78, 5) is 18.3. The molecule has 0 amide bonds. The number of anilines is 2. The summed E-state index contributed by atoms with van der Waals surface area (Å²) >= 11 is 0. The predicted molar refractivity (Wildman–Crippen MR) is 127 cm³/mol. The van der Waals surface area contributed by atoms with Gasteiger partial charge in [-0.1, -0.05) is 24.3 Å². The topological polar surface area (TPSA) is 120 Å². The van der Waals surface area contributed by atoms with Crippen LogP contribution in [0.1, 0.15) is 32.7 Å². The summed E-state index contributed by atoms with van der Waals surface area (Å²) in [5.74, 6) is 1.30. The van der Waals surface area contributed by atoms with Gasteiger partial charge in [0.15, 0.2) is 17.0 Å². The molecule has 1 atom stereocenters. The van der Waals surface area contributed by atoms with Crippen molar-refractivity contribution in [3.8, 4) is 0 Å². The summed E-state index contributed by atoms with van der Waals surface area (Å²) < 4.78 is 1.98. The molecule has 1 aliphatic carbocycles. The van der Waals surface area contributed by atoms with Crippen LogP contribution < -0.4 is 10.6 Å². The molecule has 2 aliphatic rings. The van der Waals surface area contributed by atoms with Gasteiger partial charge in [0, 0.05) is 19.1 Å². The van der Waals surface area contributed by atoms with E-state index < -0.39 is 6.04 Å². The molecule has 2 aromatic rings. The van der Waals surface area contributed by atoms with Crippen LogP contribution >= 0.6 is 0 Å². The third kappa shape index (κ3) is 4.89. The normalized spacial score (nSPS) is 18.4. The fraction of sp³-hybridized carbons (Fsp3) is 0.478. The van der Waals surface area contributed by atoms with Crippen molar-refractivity contribution in [2.75, 3.05) is 36.9 Å². The molecule has 0 fully saturated rings. The van der Waals surface area contributed by atoms with Gasteiger partial charge in [-0.15, -0.1) is 0 Å². The number of nitrogens with one attached hydrogen (secondary N) is 2. The summed E-state index contributed by atoms with van der Waals surface area (Å²) in [5.41, 5.74) is 3.65. The van der Waals surface area contributed by atoms with Gasteiger partial charge in [-0.3, -0.25) is 4.99 Å². The van der Waals surface area contributed by atoms with Crippen LogP contribution in [0.2, 0.25) is 0 Å². The van der Waals surface area contributed by atoms with Gasteiger partial charge in [0.1, 0.15) is 0 Å². The number of aliphatic imine (C=N–C) groups is 1. The van der Waals surface area contributed by atoms with Gasteiger partial charge in [-0.25, -0.2) is 4.98 Å². The Morgan fingerprint density at radius 3 is 2.69 bits per heavy atom. The van der Waals surface area contributed by atoms with Crippen LogP contribution in [0.25, 0.3) is 11.2 Å². The molecule has 9 nitrogen and oxygen atoms in total. The van der Waals surface area contributed by atoms with Crippen molar-refractivity contribution in [1.82, 2.24) is 19.5 Å². The number of nitrogens with zero attached hydrogens (tertiary/aromatic N) is 5. The first-order valence-corrected chi connectivity index (χ1v) is 11.2. The van der Waals surface area contributed by atoms with E-state index in [-0.39, 0.29) is 19.3 Å². The van der Waals surface area contributed by atoms with E-state index >= 15 is 0 Å². The lowest BCUT2D eigenvalue weighted by Gasteiger charge is -2.19. The van der Waals surface area contributed by atoms with Crippen LogP contribution in [0.4, 0.5) is 11.8 Å². The van der Waals surface area contributed by atoms with Crippen LogP contribution in [0, 0.1) is 5.92 Å². The number of fused-ring (bicyclic) bond motifs is 1. The molecule has 0 bridgehead atoms. The van der Waals surface area contributed by atoms with Gasteiger partial charge in [0.05, 0.1) is 31.3 Å². The highest BCUT2D eigenvalue weighted by molar-refractivity contribution is 6.10.